The number of carbonyl (C=O) groups excluding carboxylic acids is 1. The van der Waals surface area contributed by atoms with Crippen molar-refractivity contribution in [3.63, 3.8) is 0 Å². The zero-order chi connectivity index (χ0) is 19.0. The van der Waals surface area contributed by atoms with Crippen molar-refractivity contribution in [2.24, 2.45) is 0 Å². The maximum atomic E-state index is 14.6. The number of rotatable bonds is 3. The summed E-state index contributed by atoms with van der Waals surface area (Å²) < 4.78 is 29.7. The predicted molar refractivity (Wildman–Crippen MR) is 101 cm³/mol. The van der Waals surface area contributed by atoms with Gasteiger partial charge in [-0.1, -0.05) is 30.3 Å². The number of hydrogen-bond donors (Lipinski definition) is 0. The summed E-state index contributed by atoms with van der Waals surface area (Å²) in [7, 11) is 0. The lowest BCUT2D eigenvalue weighted by molar-refractivity contribution is 0.0792. The SMILES string of the molecule is Cc1c(C(=O)N2CCCC2)cc(-c2ccccc2)n1-c1ccc(F)cc1F. The standard InChI is InChI=1S/C22H20F2N2O/c1-15-18(22(27)25-11-5-6-12-25)14-21(16-7-3-2-4-8-16)26(15)20-10-9-17(23)13-19(20)24/h2-4,7-10,13-14H,5-6,11-12H2,1H3. The molecule has 0 N–H and O–H groups in total. The molecule has 3 aromatic rings. The Bertz CT molecular complexity index is 989. The average Bonchev–Trinajstić information content (AvgIpc) is 3.31. The summed E-state index contributed by atoms with van der Waals surface area (Å²) in [6.45, 7) is 3.29. The van der Waals surface area contributed by atoms with E-state index in [-0.39, 0.29) is 11.6 Å². The fourth-order valence-electron chi connectivity index (χ4n) is 3.71. The molecule has 0 saturated carbocycles. The summed E-state index contributed by atoms with van der Waals surface area (Å²) in [6.07, 6.45) is 2.01. The lowest BCUT2D eigenvalue weighted by Crippen LogP contribution is -2.27. The van der Waals surface area contributed by atoms with Crippen LogP contribution in [-0.2, 0) is 0 Å². The van der Waals surface area contributed by atoms with Crippen LogP contribution in [0.2, 0.25) is 0 Å². The van der Waals surface area contributed by atoms with Crippen molar-refractivity contribution < 1.29 is 13.6 Å². The molecular formula is C22H20F2N2O. The molecule has 138 valence electrons. The minimum absolute atomic E-state index is 0.0385. The lowest BCUT2D eigenvalue weighted by atomic mass is 10.1. The quantitative estimate of drug-likeness (QED) is 0.643. The van der Waals surface area contributed by atoms with Gasteiger partial charge in [-0.2, -0.15) is 0 Å². The smallest absolute Gasteiger partial charge is 0.255 e. The van der Waals surface area contributed by atoms with Crippen molar-refractivity contribution in [1.82, 2.24) is 9.47 Å². The molecule has 27 heavy (non-hydrogen) atoms. The first kappa shape index (κ1) is 17.5. The topological polar surface area (TPSA) is 25.2 Å². The van der Waals surface area contributed by atoms with Crippen LogP contribution in [0.3, 0.4) is 0 Å². The van der Waals surface area contributed by atoms with Gasteiger partial charge in [0.25, 0.3) is 5.91 Å². The summed E-state index contributed by atoms with van der Waals surface area (Å²) in [4.78, 5) is 14.8. The predicted octanol–water partition coefficient (Wildman–Crippen LogP) is 4.97. The van der Waals surface area contributed by atoms with Gasteiger partial charge in [-0.05, 0) is 43.5 Å². The van der Waals surface area contributed by atoms with E-state index in [4.69, 9.17) is 0 Å². The Morgan fingerprint density at radius 1 is 0.963 bits per heavy atom. The largest absolute Gasteiger partial charge is 0.339 e. The normalized spacial score (nSPS) is 14.0. The van der Waals surface area contributed by atoms with Gasteiger partial charge in [-0.25, -0.2) is 8.78 Å². The molecular weight excluding hydrogens is 346 g/mol. The Hall–Kier alpha value is -2.95. The van der Waals surface area contributed by atoms with Crippen LogP contribution in [0.25, 0.3) is 16.9 Å². The first-order chi connectivity index (χ1) is 13.1. The van der Waals surface area contributed by atoms with Crippen molar-refractivity contribution in [3.05, 3.63) is 77.5 Å². The van der Waals surface area contributed by atoms with Crippen molar-refractivity contribution >= 4 is 5.91 Å². The molecule has 0 bridgehead atoms. The Morgan fingerprint density at radius 3 is 2.33 bits per heavy atom. The zero-order valence-electron chi connectivity index (χ0n) is 15.1. The molecule has 5 heteroatoms. The van der Waals surface area contributed by atoms with E-state index < -0.39 is 11.6 Å². The van der Waals surface area contributed by atoms with E-state index in [2.05, 4.69) is 0 Å². The van der Waals surface area contributed by atoms with Crippen LogP contribution >= 0.6 is 0 Å². The highest BCUT2D eigenvalue weighted by Gasteiger charge is 2.26. The summed E-state index contributed by atoms with van der Waals surface area (Å²) in [5.74, 6) is -1.33. The number of benzene rings is 2. The molecule has 1 aliphatic rings. The molecule has 4 rings (SSSR count). The number of nitrogens with zero attached hydrogens (tertiary/aromatic N) is 2. The monoisotopic (exact) mass is 366 g/mol. The molecule has 0 aliphatic carbocycles. The molecule has 3 nitrogen and oxygen atoms in total. The Kier molecular flexibility index (Phi) is 4.52. The highest BCUT2D eigenvalue weighted by Crippen LogP contribution is 2.32. The number of hydrogen-bond acceptors (Lipinski definition) is 1. The fourth-order valence-corrected chi connectivity index (χ4v) is 3.71. The Morgan fingerprint density at radius 2 is 1.67 bits per heavy atom. The van der Waals surface area contributed by atoms with E-state index in [0.29, 0.717) is 17.0 Å². The molecule has 1 fully saturated rings. The van der Waals surface area contributed by atoms with E-state index in [0.717, 1.165) is 37.6 Å². The number of amides is 1. The van der Waals surface area contributed by atoms with Crippen LogP contribution in [0.5, 0.6) is 0 Å². The van der Waals surface area contributed by atoms with Crippen molar-refractivity contribution in [2.45, 2.75) is 19.8 Å². The molecule has 1 aromatic heterocycles. The Labute approximate surface area is 156 Å². The molecule has 0 atom stereocenters. The van der Waals surface area contributed by atoms with Crippen LogP contribution in [0.4, 0.5) is 8.78 Å². The van der Waals surface area contributed by atoms with Crippen LogP contribution in [0.1, 0.15) is 28.9 Å². The van der Waals surface area contributed by atoms with E-state index >= 15 is 0 Å². The maximum absolute atomic E-state index is 14.6. The Balaban J connectivity index is 1.91. The fraction of sp³-hybridized carbons (Fsp3) is 0.227. The van der Waals surface area contributed by atoms with Gasteiger partial charge >= 0.3 is 0 Å². The van der Waals surface area contributed by atoms with Crippen molar-refractivity contribution in [1.29, 1.82) is 0 Å². The molecule has 2 heterocycles. The molecule has 0 unspecified atom stereocenters. The maximum Gasteiger partial charge on any atom is 0.255 e. The number of halogens is 2. The highest BCUT2D eigenvalue weighted by molar-refractivity contribution is 5.97. The lowest BCUT2D eigenvalue weighted by Gasteiger charge is -2.16. The molecule has 2 aromatic carbocycles. The van der Waals surface area contributed by atoms with Crippen LogP contribution in [0.15, 0.2) is 54.6 Å². The summed E-state index contributed by atoms with van der Waals surface area (Å²) >= 11 is 0. The molecule has 1 saturated heterocycles. The van der Waals surface area contributed by atoms with Gasteiger partial charge in [0.05, 0.1) is 16.9 Å². The van der Waals surface area contributed by atoms with Crippen molar-refractivity contribution in [3.8, 4) is 16.9 Å². The zero-order valence-corrected chi connectivity index (χ0v) is 15.1. The summed E-state index contributed by atoms with van der Waals surface area (Å²) in [6, 6.07) is 14.8. The third-order valence-electron chi connectivity index (χ3n) is 5.09. The molecule has 1 aliphatic heterocycles. The molecule has 0 radical (unpaired) electrons. The van der Waals surface area contributed by atoms with Gasteiger partial charge in [-0.15, -0.1) is 0 Å². The van der Waals surface area contributed by atoms with Crippen LogP contribution < -0.4 is 0 Å². The van der Waals surface area contributed by atoms with Gasteiger partial charge in [-0.3, -0.25) is 4.79 Å². The third-order valence-corrected chi connectivity index (χ3v) is 5.09. The van der Waals surface area contributed by atoms with Crippen molar-refractivity contribution in [2.75, 3.05) is 13.1 Å². The first-order valence-corrected chi connectivity index (χ1v) is 9.09. The average molecular weight is 366 g/mol. The summed E-state index contributed by atoms with van der Waals surface area (Å²) in [5, 5.41) is 0. The minimum atomic E-state index is -0.661. The second kappa shape index (κ2) is 6.99. The number of carbonyl (C=O) groups is 1. The minimum Gasteiger partial charge on any atom is -0.339 e. The first-order valence-electron chi connectivity index (χ1n) is 9.09. The number of aromatic nitrogens is 1. The van der Waals surface area contributed by atoms with Gasteiger partial charge in [0.2, 0.25) is 0 Å². The van der Waals surface area contributed by atoms with Gasteiger partial charge in [0.1, 0.15) is 11.6 Å². The second-order valence-corrected chi connectivity index (χ2v) is 6.83. The van der Waals surface area contributed by atoms with Gasteiger partial charge in [0, 0.05) is 24.8 Å². The summed E-state index contributed by atoms with van der Waals surface area (Å²) in [5.41, 5.74) is 3.01. The second-order valence-electron chi connectivity index (χ2n) is 6.83. The highest BCUT2D eigenvalue weighted by atomic mass is 19.1. The molecule has 1 amide bonds. The van der Waals surface area contributed by atoms with Gasteiger partial charge < -0.3 is 9.47 Å². The van der Waals surface area contributed by atoms with E-state index in [1.165, 1.54) is 12.1 Å². The van der Waals surface area contributed by atoms with Crippen LogP contribution in [-0.4, -0.2) is 28.5 Å². The van der Waals surface area contributed by atoms with E-state index in [1.807, 2.05) is 41.3 Å². The van der Waals surface area contributed by atoms with Gasteiger partial charge in [0.15, 0.2) is 0 Å². The van der Waals surface area contributed by atoms with E-state index in [9.17, 15) is 13.6 Å². The van der Waals surface area contributed by atoms with E-state index in [1.54, 1.807) is 11.5 Å². The van der Waals surface area contributed by atoms with Crippen LogP contribution in [0, 0.1) is 18.6 Å². The molecule has 0 spiro atoms. The number of likely N-dealkylation sites (tertiary alicyclic amines) is 1. The third kappa shape index (κ3) is 3.14.